The number of aromatic nitrogens is 2. The summed E-state index contributed by atoms with van der Waals surface area (Å²) in [6.45, 7) is -0.904. The molecule has 0 aliphatic carbocycles. The van der Waals surface area contributed by atoms with E-state index in [1.807, 2.05) is 0 Å². The summed E-state index contributed by atoms with van der Waals surface area (Å²) in [5.74, 6) is -0.101. The van der Waals surface area contributed by atoms with Gasteiger partial charge in [0.05, 0.1) is 11.0 Å². The van der Waals surface area contributed by atoms with E-state index in [-0.39, 0.29) is 5.82 Å². The second-order valence-electron chi connectivity index (χ2n) is 2.91. The molecule has 0 spiro atoms. The molecule has 0 saturated heterocycles. The predicted molar refractivity (Wildman–Crippen MR) is 55.7 cm³/mol. The number of imidazole rings is 1. The largest absolute Gasteiger partial charge is 0.464 e. The molecule has 0 aliphatic heterocycles. The Balaban J connectivity index is 2.80. The molecule has 0 bridgehead atoms. The molecule has 1 aromatic heterocycles. The fourth-order valence-electron chi connectivity index (χ4n) is 1.41. The standard InChI is InChI=1S/C9H6BrFN2O2/c10-5-1-2-7-6(3-5)12-8(4-11)13(7)9(14)15/h1-3H,4H2,(H,14,15). The van der Waals surface area contributed by atoms with Crippen molar-refractivity contribution in [2.24, 2.45) is 0 Å². The Hall–Kier alpha value is -1.43. The average Bonchev–Trinajstić information content (AvgIpc) is 2.54. The lowest BCUT2D eigenvalue weighted by Gasteiger charge is -1.98. The molecule has 0 radical (unpaired) electrons. The molecule has 78 valence electrons. The summed E-state index contributed by atoms with van der Waals surface area (Å²) in [7, 11) is 0. The van der Waals surface area contributed by atoms with Crippen LogP contribution in [-0.2, 0) is 6.67 Å². The van der Waals surface area contributed by atoms with Gasteiger partial charge in [0.15, 0.2) is 5.82 Å². The van der Waals surface area contributed by atoms with Crippen molar-refractivity contribution < 1.29 is 14.3 Å². The lowest BCUT2D eigenvalue weighted by molar-refractivity contribution is 0.195. The van der Waals surface area contributed by atoms with E-state index in [1.54, 1.807) is 18.2 Å². The first-order valence-electron chi connectivity index (χ1n) is 4.09. The first-order chi connectivity index (χ1) is 7.13. The van der Waals surface area contributed by atoms with E-state index in [0.717, 1.165) is 9.04 Å². The molecule has 6 heteroatoms. The summed E-state index contributed by atoms with van der Waals surface area (Å²) >= 11 is 3.23. The smallest absolute Gasteiger partial charge is 0.417 e. The lowest BCUT2D eigenvalue weighted by atomic mass is 10.3. The first kappa shape index (κ1) is 10.1. The molecule has 4 nitrogen and oxygen atoms in total. The van der Waals surface area contributed by atoms with Crippen LogP contribution in [0.25, 0.3) is 11.0 Å². The Morgan fingerprint density at radius 3 is 2.93 bits per heavy atom. The Morgan fingerprint density at radius 1 is 1.60 bits per heavy atom. The van der Waals surface area contributed by atoms with Gasteiger partial charge in [-0.2, -0.15) is 0 Å². The third-order valence-corrected chi connectivity index (χ3v) is 2.49. The lowest BCUT2D eigenvalue weighted by Crippen LogP contribution is -2.10. The highest BCUT2D eigenvalue weighted by Crippen LogP contribution is 2.21. The molecule has 1 N–H and O–H groups in total. The molecule has 0 saturated carbocycles. The van der Waals surface area contributed by atoms with Gasteiger partial charge in [-0.15, -0.1) is 0 Å². The Labute approximate surface area is 92.5 Å². The quantitative estimate of drug-likeness (QED) is 0.869. The van der Waals surface area contributed by atoms with E-state index < -0.39 is 12.8 Å². The van der Waals surface area contributed by atoms with Crippen LogP contribution in [0.1, 0.15) is 5.82 Å². The van der Waals surface area contributed by atoms with Crippen LogP contribution in [0.5, 0.6) is 0 Å². The number of benzene rings is 1. The van der Waals surface area contributed by atoms with Crippen LogP contribution < -0.4 is 0 Å². The van der Waals surface area contributed by atoms with E-state index in [4.69, 9.17) is 5.11 Å². The molecule has 0 aliphatic rings. The molecule has 1 aromatic carbocycles. The van der Waals surface area contributed by atoms with E-state index >= 15 is 0 Å². The van der Waals surface area contributed by atoms with Crippen LogP contribution in [0.2, 0.25) is 0 Å². The van der Waals surface area contributed by atoms with Crippen molar-refractivity contribution in [2.45, 2.75) is 6.67 Å². The van der Waals surface area contributed by atoms with Gasteiger partial charge < -0.3 is 5.11 Å². The number of carboxylic acid groups (broad SMARTS) is 1. The van der Waals surface area contributed by atoms with E-state index in [9.17, 15) is 9.18 Å². The first-order valence-corrected chi connectivity index (χ1v) is 4.89. The van der Waals surface area contributed by atoms with Crippen LogP contribution >= 0.6 is 15.9 Å². The molecule has 0 amide bonds. The van der Waals surface area contributed by atoms with Crippen molar-refractivity contribution in [3.8, 4) is 0 Å². The van der Waals surface area contributed by atoms with Crippen LogP contribution in [0.3, 0.4) is 0 Å². The minimum atomic E-state index is -1.23. The summed E-state index contributed by atoms with van der Waals surface area (Å²) < 4.78 is 14.1. The maximum absolute atomic E-state index is 12.5. The van der Waals surface area contributed by atoms with Crippen molar-refractivity contribution in [3.05, 3.63) is 28.5 Å². The molecule has 0 unspecified atom stereocenters. The predicted octanol–water partition coefficient (Wildman–Crippen LogP) is 2.79. The highest BCUT2D eigenvalue weighted by Gasteiger charge is 2.15. The van der Waals surface area contributed by atoms with Crippen molar-refractivity contribution in [1.82, 2.24) is 9.55 Å². The van der Waals surface area contributed by atoms with E-state index in [1.165, 1.54) is 0 Å². The molecule has 2 aromatic rings. The highest BCUT2D eigenvalue weighted by atomic mass is 79.9. The average molecular weight is 273 g/mol. The van der Waals surface area contributed by atoms with Gasteiger partial charge in [0.1, 0.15) is 6.67 Å². The zero-order chi connectivity index (χ0) is 11.0. The summed E-state index contributed by atoms with van der Waals surface area (Å²) in [5, 5.41) is 8.90. The molecule has 1 heterocycles. The van der Waals surface area contributed by atoms with Crippen LogP contribution in [-0.4, -0.2) is 20.8 Å². The van der Waals surface area contributed by atoms with Gasteiger partial charge in [-0.3, -0.25) is 0 Å². The number of halogens is 2. The number of hydrogen-bond acceptors (Lipinski definition) is 2. The maximum Gasteiger partial charge on any atom is 0.417 e. The minimum absolute atomic E-state index is 0.101. The van der Waals surface area contributed by atoms with Gasteiger partial charge in [0.25, 0.3) is 0 Å². The van der Waals surface area contributed by atoms with Crippen molar-refractivity contribution in [3.63, 3.8) is 0 Å². The van der Waals surface area contributed by atoms with Crippen molar-refractivity contribution in [2.75, 3.05) is 0 Å². The van der Waals surface area contributed by atoms with Crippen LogP contribution in [0, 0.1) is 0 Å². The number of rotatable bonds is 1. The SMILES string of the molecule is O=C(O)n1c(CF)nc2cc(Br)ccc21. The maximum atomic E-state index is 12.5. The number of nitrogens with zero attached hydrogens (tertiary/aromatic N) is 2. The zero-order valence-electron chi connectivity index (χ0n) is 7.44. The molecule has 15 heavy (non-hydrogen) atoms. The fourth-order valence-corrected chi connectivity index (χ4v) is 1.76. The Morgan fingerprint density at radius 2 is 2.33 bits per heavy atom. The molecule has 2 rings (SSSR count). The minimum Gasteiger partial charge on any atom is -0.464 e. The van der Waals surface area contributed by atoms with E-state index in [0.29, 0.717) is 11.0 Å². The summed E-state index contributed by atoms with van der Waals surface area (Å²) in [6.07, 6.45) is -1.23. The summed E-state index contributed by atoms with van der Waals surface area (Å²) in [4.78, 5) is 14.8. The zero-order valence-corrected chi connectivity index (χ0v) is 9.03. The Bertz CT molecular complexity index is 538. The third kappa shape index (κ3) is 1.61. The fraction of sp³-hybridized carbons (Fsp3) is 0.111. The van der Waals surface area contributed by atoms with Gasteiger partial charge in [0, 0.05) is 4.47 Å². The molecular weight excluding hydrogens is 267 g/mol. The van der Waals surface area contributed by atoms with Gasteiger partial charge in [-0.1, -0.05) is 15.9 Å². The third-order valence-electron chi connectivity index (χ3n) is 2.00. The monoisotopic (exact) mass is 272 g/mol. The van der Waals surface area contributed by atoms with Crippen molar-refractivity contribution in [1.29, 1.82) is 0 Å². The Kier molecular flexibility index (Phi) is 2.44. The van der Waals surface area contributed by atoms with Gasteiger partial charge in [0.2, 0.25) is 0 Å². The summed E-state index contributed by atoms with van der Waals surface area (Å²) in [6, 6.07) is 4.92. The van der Waals surface area contributed by atoms with Crippen LogP contribution in [0.4, 0.5) is 9.18 Å². The summed E-state index contributed by atoms with van der Waals surface area (Å²) in [5.41, 5.74) is 0.845. The molecular formula is C9H6BrFN2O2. The van der Waals surface area contributed by atoms with E-state index in [2.05, 4.69) is 20.9 Å². The number of alkyl halides is 1. The highest BCUT2D eigenvalue weighted by molar-refractivity contribution is 9.10. The van der Waals surface area contributed by atoms with Crippen molar-refractivity contribution >= 4 is 33.1 Å². The normalized spacial score (nSPS) is 10.8. The van der Waals surface area contributed by atoms with Gasteiger partial charge >= 0.3 is 6.09 Å². The van der Waals surface area contributed by atoms with Gasteiger partial charge in [-0.05, 0) is 18.2 Å². The number of fused-ring (bicyclic) bond motifs is 1. The van der Waals surface area contributed by atoms with Crippen LogP contribution in [0.15, 0.2) is 22.7 Å². The number of carbonyl (C=O) groups is 1. The van der Waals surface area contributed by atoms with Gasteiger partial charge in [-0.25, -0.2) is 18.7 Å². The molecule has 0 atom stereocenters. The molecule has 0 fully saturated rings. The second kappa shape index (κ2) is 3.62. The topological polar surface area (TPSA) is 55.1 Å². The number of hydrogen-bond donors (Lipinski definition) is 1. The second-order valence-corrected chi connectivity index (χ2v) is 3.83.